The highest BCUT2D eigenvalue weighted by Crippen LogP contribution is 2.18. The van der Waals surface area contributed by atoms with Crippen molar-refractivity contribution in [2.75, 3.05) is 33.2 Å². The average Bonchev–Trinajstić information content (AvgIpc) is 2.41. The Morgan fingerprint density at radius 3 is 2.50 bits per heavy atom. The van der Waals surface area contributed by atoms with Gasteiger partial charge < -0.3 is 20.6 Å². The van der Waals surface area contributed by atoms with Gasteiger partial charge in [-0.3, -0.25) is 4.79 Å². The quantitative estimate of drug-likeness (QED) is 0.655. The molecule has 1 aliphatic rings. The third kappa shape index (κ3) is 6.23. The smallest absolute Gasteiger partial charge is 0.314 e. The van der Waals surface area contributed by atoms with Gasteiger partial charge in [0, 0.05) is 13.1 Å². The van der Waals surface area contributed by atoms with E-state index in [1.54, 1.807) is 6.92 Å². The van der Waals surface area contributed by atoms with E-state index in [0.717, 1.165) is 19.5 Å². The lowest BCUT2D eigenvalue weighted by molar-refractivity contribution is -0.141. The lowest BCUT2D eigenvalue weighted by Gasteiger charge is -2.28. The van der Waals surface area contributed by atoms with E-state index in [9.17, 15) is 9.59 Å². The van der Waals surface area contributed by atoms with E-state index in [-0.39, 0.29) is 12.6 Å². The molecule has 0 saturated carbocycles. The predicted octanol–water partition coefficient (Wildman–Crippen LogP) is 1.13. The summed E-state index contributed by atoms with van der Waals surface area (Å²) in [5.74, 6) is -0.678. The largest absolute Gasteiger partial charge is 0.481 e. The summed E-state index contributed by atoms with van der Waals surface area (Å²) in [5.41, 5.74) is 0. The van der Waals surface area contributed by atoms with Crippen LogP contribution in [0, 0.1) is 11.8 Å². The van der Waals surface area contributed by atoms with Gasteiger partial charge in [-0.1, -0.05) is 6.92 Å². The van der Waals surface area contributed by atoms with Gasteiger partial charge in [0.05, 0.1) is 5.92 Å². The number of hydrogen-bond acceptors (Lipinski definition) is 3. The van der Waals surface area contributed by atoms with Gasteiger partial charge >= 0.3 is 12.0 Å². The van der Waals surface area contributed by atoms with Crippen LogP contribution in [0.5, 0.6) is 0 Å². The lowest BCUT2D eigenvalue weighted by atomic mass is 9.94. The molecule has 0 bridgehead atoms. The van der Waals surface area contributed by atoms with Crippen molar-refractivity contribution in [2.45, 2.75) is 32.6 Å². The zero-order valence-electron chi connectivity index (χ0n) is 12.5. The molecule has 3 N–H and O–H groups in total. The average molecular weight is 285 g/mol. The SMILES string of the molecule is CCC(CNC(=O)NCCC1CCN(C)CC1)C(=O)O. The number of rotatable bonds is 7. The maximum atomic E-state index is 11.6. The van der Waals surface area contributed by atoms with Crippen LogP contribution in [-0.4, -0.2) is 55.2 Å². The molecule has 2 amide bonds. The molecule has 1 unspecified atom stereocenters. The van der Waals surface area contributed by atoms with Crippen LogP contribution >= 0.6 is 0 Å². The van der Waals surface area contributed by atoms with Crippen LogP contribution in [0.2, 0.25) is 0 Å². The standard InChI is InChI=1S/C14H27N3O3/c1-3-12(13(18)19)10-16-14(20)15-7-4-11-5-8-17(2)9-6-11/h11-12H,3-10H2,1-2H3,(H,18,19)(H2,15,16,20). The fraction of sp³-hybridized carbons (Fsp3) is 0.857. The second-order valence-corrected chi connectivity index (χ2v) is 5.62. The monoisotopic (exact) mass is 285 g/mol. The molecule has 6 heteroatoms. The minimum absolute atomic E-state index is 0.186. The molecule has 20 heavy (non-hydrogen) atoms. The second kappa shape index (κ2) is 8.79. The van der Waals surface area contributed by atoms with Gasteiger partial charge in [0.1, 0.15) is 0 Å². The lowest BCUT2D eigenvalue weighted by Crippen LogP contribution is -2.40. The van der Waals surface area contributed by atoms with Crippen molar-refractivity contribution in [3.05, 3.63) is 0 Å². The molecule has 1 aliphatic heterocycles. The fourth-order valence-electron chi connectivity index (χ4n) is 2.43. The molecule has 1 atom stereocenters. The molecule has 0 spiro atoms. The highest BCUT2D eigenvalue weighted by Gasteiger charge is 2.17. The van der Waals surface area contributed by atoms with E-state index in [4.69, 9.17) is 5.11 Å². The van der Waals surface area contributed by atoms with E-state index in [0.29, 0.717) is 18.9 Å². The molecule has 1 fully saturated rings. The van der Waals surface area contributed by atoms with E-state index >= 15 is 0 Å². The van der Waals surface area contributed by atoms with Crippen molar-refractivity contribution in [3.8, 4) is 0 Å². The molecule has 1 heterocycles. The highest BCUT2D eigenvalue weighted by molar-refractivity contribution is 5.75. The molecule has 0 aromatic heterocycles. The van der Waals surface area contributed by atoms with E-state index < -0.39 is 11.9 Å². The second-order valence-electron chi connectivity index (χ2n) is 5.62. The summed E-state index contributed by atoms with van der Waals surface area (Å²) in [6.07, 6.45) is 3.90. The molecule has 6 nitrogen and oxygen atoms in total. The van der Waals surface area contributed by atoms with E-state index in [1.807, 2.05) is 0 Å². The highest BCUT2D eigenvalue weighted by atomic mass is 16.4. The number of carboxylic acids is 1. The van der Waals surface area contributed by atoms with Gasteiger partial charge in [-0.05, 0) is 51.7 Å². The zero-order valence-corrected chi connectivity index (χ0v) is 12.5. The molecule has 0 aromatic rings. The number of likely N-dealkylation sites (tertiary alicyclic amines) is 1. The topological polar surface area (TPSA) is 81.7 Å². The van der Waals surface area contributed by atoms with Gasteiger partial charge in [0.25, 0.3) is 0 Å². The van der Waals surface area contributed by atoms with Crippen molar-refractivity contribution in [2.24, 2.45) is 11.8 Å². The Labute approximate surface area is 120 Å². The normalized spacial score (nSPS) is 18.5. The molecule has 1 saturated heterocycles. The maximum Gasteiger partial charge on any atom is 0.314 e. The van der Waals surface area contributed by atoms with Gasteiger partial charge in [-0.15, -0.1) is 0 Å². The number of piperidine rings is 1. The van der Waals surface area contributed by atoms with Gasteiger partial charge in [0.2, 0.25) is 0 Å². The van der Waals surface area contributed by atoms with Crippen LogP contribution in [0.25, 0.3) is 0 Å². The van der Waals surface area contributed by atoms with Crippen molar-refractivity contribution >= 4 is 12.0 Å². The van der Waals surface area contributed by atoms with Crippen molar-refractivity contribution in [3.63, 3.8) is 0 Å². The first-order valence-electron chi connectivity index (χ1n) is 7.46. The number of carbonyl (C=O) groups is 2. The first-order chi connectivity index (χ1) is 9.52. The van der Waals surface area contributed by atoms with Crippen molar-refractivity contribution in [1.82, 2.24) is 15.5 Å². The molecule has 0 aromatic carbocycles. The van der Waals surface area contributed by atoms with Gasteiger partial charge in [-0.25, -0.2) is 4.79 Å². The summed E-state index contributed by atoms with van der Waals surface area (Å²) in [4.78, 5) is 24.7. The Hall–Kier alpha value is -1.30. The minimum Gasteiger partial charge on any atom is -0.481 e. The number of carbonyl (C=O) groups excluding carboxylic acids is 1. The number of amides is 2. The summed E-state index contributed by atoms with van der Waals surface area (Å²) >= 11 is 0. The van der Waals surface area contributed by atoms with Gasteiger partial charge in [-0.2, -0.15) is 0 Å². The fourth-order valence-corrected chi connectivity index (χ4v) is 2.43. The number of urea groups is 1. The van der Waals surface area contributed by atoms with Crippen LogP contribution < -0.4 is 10.6 Å². The summed E-state index contributed by atoms with van der Waals surface area (Å²) in [7, 11) is 2.13. The van der Waals surface area contributed by atoms with Crippen molar-refractivity contribution in [1.29, 1.82) is 0 Å². The summed E-state index contributed by atoms with van der Waals surface area (Å²) < 4.78 is 0. The Morgan fingerprint density at radius 2 is 1.95 bits per heavy atom. The molecular weight excluding hydrogens is 258 g/mol. The first kappa shape index (κ1) is 16.8. The zero-order chi connectivity index (χ0) is 15.0. The van der Waals surface area contributed by atoms with Crippen LogP contribution in [0.4, 0.5) is 4.79 Å². The number of hydrogen-bond donors (Lipinski definition) is 3. The third-order valence-electron chi connectivity index (χ3n) is 4.03. The molecule has 0 radical (unpaired) electrons. The van der Waals surface area contributed by atoms with Gasteiger partial charge in [0.15, 0.2) is 0 Å². The number of nitrogens with zero attached hydrogens (tertiary/aromatic N) is 1. The van der Waals surface area contributed by atoms with Crippen molar-refractivity contribution < 1.29 is 14.7 Å². The Morgan fingerprint density at radius 1 is 1.30 bits per heavy atom. The molecular formula is C14H27N3O3. The Bertz CT molecular complexity index is 315. The van der Waals surface area contributed by atoms with Crippen LogP contribution in [-0.2, 0) is 4.79 Å². The minimum atomic E-state index is -0.862. The Kier molecular flexibility index (Phi) is 7.36. The number of nitrogens with one attached hydrogen (secondary N) is 2. The first-order valence-corrected chi connectivity index (χ1v) is 7.46. The number of carboxylic acid groups (broad SMARTS) is 1. The predicted molar refractivity (Wildman–Crippen MR) is 77.7 cm³/mol. The maximum absolute atomic E-state index is 11.6. The van der Waals surface area contributed by atoms with Crippen LogP contribution in [0.1, 0.15) is 32.6 Å². The van der Waals surface area contributed by atoms with Crippen LogP contribution in [0.3, 0.4) is 0 Å². The molecule has 0 aliphatic carbocycles. The Balaban J connectivity index is 2.09. The molecule has 1 rings (SSSR count). The summed E-state index contributed by atoms with van der Waals surface area (Å²) in [6, 6.07) is -0.266. The summed E-state index contributed by atoms with van der Waals surface area (Å²) in [6.45, 7) is 4.91. The third-order valence-corrected chi connectivity index (χ3v) is 4.03. The van der Waals surface area contributed by atoms with Crippen LogP contribution in [0.15, 0.2) is 0 Å². The van der Waals surface area contributed by atoms with E-state index in [2.05, 4.69) is 22.6 Å². The summed E-state index contributed by atoms with van der Waals surface area (Å²) in [5, 5.41) is 14.3. The van der Waals surface area contributed by atoms with E-state index in [1.165, 1.54) is 12.8 Å². The number of aliphatic carboxylic acids is 1. The molecule has 116 valence electrons.